The van der Waals surface area contributed by atoms with Gasteiger partial charge in [0.25, 0.3) is 5.91 Å². The summed E-state index contributed by atoms with van der Waals surface area (Å²) in [6, 6.07) is 15.6. The number of nitrogens with zero attached hydrogens (tertiary/aromatic N) is 4. The molecule has 146 valence electrons. The van der Waals surface area contributed by atoms with E-state index in [1.807, 2.05) is 54.7 Å². The van der Waals surface area contributed by atoms with Gasteiger partial charge in [0.15, 0.2) is 0 Å². The van der Waals surface area contributed by atoms with Gasteiger partial charge in [-0.1, -0.05) is 31.5 Å². The number of para-hydroxylation sites is 1. The molecular weight excluding hydrogens is 360 g/mol. The Hall–Kier alpha value is -3.47. The second kappa shape index (κ2) is 7.87. The van der Waals surface area contributed by atoms with Crippen molar-refractivity contribution in [1.29, 1.82) is 0 Å². The van der Waals surface area contributed by atoms with Gasteiger partial charge in [-0.05, 0) is 62.2 Å². The summed E-state index contributed by atoms with van der Waals surface area (Å²) in [4.78, 5) is 17.4. The topological polar surface area (TPSA) is 50.5 Å². The fourth-order valence-electron chi connectivity index (χ4n) is 3.74. The summed E-state index contributed by atoms with van der Waals surface area (Å²) < 4.78 is 2.16. The number of hydrazone groups is 1. The molecule has 5 nitrogen and oxygen atoms in total. The van der Waals surface area contributed by atoms with Crippen LogP contribution in [-0.4, -0.2) is 21.2 Å². The molecule has 1 aromatic carbocycles. The van der Waals surface area contributed by atoms with E-state index in [9.17, 15) is 4.79 Å². The summed E-state index contributed by atoms with van der Waals surface area (Å²) in [6.07, 6.45) is 7.29. The van der Waals surface area contributed by atoms with Crippen LogP contribution in [0.25, 0.3) is 11.8 Å². The zero-order chi connectivity index (χ0) is 20.4. The first kappa shape index (κ1) is 18.9. The molecule has 1 aliphatic heterocycles. The van der Waals surface area contributed by atoms with Crippen LogP contribution in [0.2, 0.25) is 0 Å². The van der Waals surface area contributed by atoms with Gasteiger partial charge in [-0.15, -0.1) is 0 Å². The Labute approximate surface area is 171 Å². The predicted octanol–water partition coefficient (Wildman–Crippen LogP) is 5.08. The van der Waals surface area contributed by atoms with Gasteiger partial charge in [-0.3, -0.25) is 9.78 Å². The lowest BCUT2D eigenvalue weighted by atomic mass is 10.0. The van der Waals surface area contributed by atoms with Crippen LogP contribution < -0.4 is 5.01 Å². The van der Waals surface area contributed by atoms with E-state index in [0.29, 0.717) is 5.57 Å². The molecule has 3 aromatic rings. The summed E-state index contributed by atoms with van der Waals surface area (Å²) in [5, 5.41) is 6.15. The van der Waals surface area contributed by atoms with E-state index in [4.69, 9.17) is 0 Å². The summed E-state index contributed by atoms with van der Waals surface area (Å²) >= 11 is 0. The molecule has 29 heavy (non-hydrogen) atoms. The van der Waals surface area contributed by atoms with E-state index in [2.05, 4.69) is 41.5 Å². The van der Waals surface area contributed by atoms with Gasteiger partial charge >= 0.3 is 0 Å². The first-order chi connectivity index (χ1) is 14.1. The fraction of sp³-hybridized carbons (Fsp3) is 0.208. The highest BCUT2D eigenvalue weighted by molar-refractivity contribution is 6.32. The number of amides is 1. The minimum atomic E-state index is -0.0779. The molecule has 0 atom stereocenters. The van der Waals surface area contributed by atoms with Crippen molar-refractivity contribution in [2.45, 2.75) is 33.6 Å². The summed E-state index contributed by atoms with van der Waals surface area (Å²) in [6.45, 7) is 6.23. The third-order valence-corrected chi connectivity index (χ3v) is 5.12. The van der Waals surface area contributed by atoms with E-state index in [-0.39, 0.29) is 5.91 Å². The Morgan fingerprint density at radius 2 is 1.79 bits per heavy atom. The molecule has 0 spiro atoms. The maximum Gasteiger partial charge on any atom is 0.280 e. The van der Waals surface area contributed by atoms with Gasteiger partial charge in [0.1, 0.15) is 0 Å². The Kier molecular flexibility index (Phi) is 5.12. The lowest BCUT2D eigenvalue weighted by Gasteiger charge is -2.11. The van der Waals surface area contributed by atoms with Crippen LogP contribution in [0.4, 0.5) is 5.69 Å². The Morgan fingerprint density at radius 1 is 1.03 bits per heavy atom. The van der Waals surface area contributed by atoms with Crippen LogP contribution in [0, 0.1) is 13.8 Å². The van der Waals surface area contributed by atoms with E-state index < -0.39 is 0 Å². The first-order valence-electron chi connectivity index (χ1n) is 9.88. The van der Waals surface area contributed by atoms with Crippen LogP contribution in [-0.2, 0) is 4.79 Å². The molecule has 0 saturated heterocycles. The highest BCUT2D eigenvalue weighted by Gasteiger charge is 2.30. The predicted molar refractivity (Wildman–Crippen MR) is 117 cm³/mol. The van der Waals surface area contributed by atoms with E-state index in [1.165, 1.54) is 5.01 Å². The maximum atomic E-state index is 13.2. The van der Waals surface area contributed by atoms with Gasteiger partial charge in [0, 0.05) is 17.6 Å². The quantitative estimate of drug-likeness (QED) is 0.576. The summed E-state index contributed by atoms with van der Waals surface area (Å²) in [7, 11) is 0. The van der Waals surface area contributed by atoms with Crippen molar-refractivity contribution < 1.29 is 4.79 Å². The number of pyridine rings is 1. The van der Waals surface area contributed by atoms with E-state index >= 15 is 0 Å². The molecule has 4 rings (SSSR count). The van der Waals surface area contributed by atoms with Crippen molar-refractivity contribution in [2.24, 2.45) is 5.10 Å². The number of aryl methyl sites for hydroxylation is 1. The van der Waals surface area contributed by atoms with Gasteiger partial charge in [-0.25, -0.2) is 0 Å². The van der Waals surface area contributed by atoms with Crippen LogP contribution in [0.3, 0.4) is 0 Å². The van der Waals surface area contributed by atoms with Crippen molar-refractivity contribution in [3.05, 3.63) is 83.4 Å². The number of benzene rings is 1. The number of hydrogen-bond donors (Lipinski definition) is 0. The van der Waals surface area contributed by atoms with Gasteiger partial charge in [0.2, 0.25) is 0 Å². The number of anilines is 1. The third-order valence-electron chi connectivity index (χ3n) is 5.12. The first-order valence-corrected chi connectivity index (χ1v) is 9.88. The maximum absolute atomic E-state index is 13.2. The van der Waals surface area contributed by atoms with Crippen LogP contribution in [0.1, 0.15) is 36.7 Å². The van der Waals surface area contributed by atoms with Crippen molar-refractivity contribution in [1.82, 2.24) is 9.55 Å². The average Bonchev–Trinajstić information content (AvgIpc) is 3.20. The molecule has 0 aliphatic carbocycles. The summed E-state index contributed by atoms with van der Waals surface area (Å²) in [5.74, 6) is -0.0779. The lowest BCUT2D eigenvalue weighted by molar-refractivity contribution is -0.114. The second-order valence-electron chi connectivity index (χ2n) is 7.18. The molecule has 0 unspecified atom stereocenters. The van der Waals surface area contributed by atoms with Crippen molar-refractivity contribution in [2.75, 3.05) is 5.01 Å². The normalized spacial score (nSPS) is 15.3. The minimum Gasteiger partial charge on any atom is -0.316 e. The molecule has 2 aromatic heterocycles. The van der Waals surface area contributed by atoms with Gasteiger partial charge < -0.3 is 4.57 Å². The van der Waals surface area contributed by atoms with E-state index in [0.717, 1.165) is 46.9 Å². The molecule has 0 fully saturated rings. The number of rotatable bonds is 5. The van der Waals surface area contributed by atoms with Crippen LogP contribution >= 0.6 is 0 Å². The largest absolute Gasteiger partial charge is 0.316 e. The fourth-order valence-corrected chi connectivity index (χ4v) is 3.74. The highest BCUT2D eigenvalue weighted by atomic mass is 16.2. The van der Waals surface area contributed by atoms with Crippen molar-refractivity contribution in [3.63, 3.8) is 0 Å². The monoisotopic (exact) mass is 384 g/mol. The Morgan fingerprint density at radius 3 is 2.48 bits per heavy atom. The zero-order valence-electron chi connectivity index (χ0n) is 17.0. The third kappa shape index (κ3) is 3.51. The lowest BCUT2D eigenvalue weighted by Crippen LogP contribution is -2.21. The van der Waals surface area contributed by atoms with Crippen molar-refractivity contribution >= 4 is 23.4 Å². The Bertz CT molecular complexity index is 1090. The highest BCUT2D eigenvalue weighted by Crippen LogP contribution is 2.28. The number of carbonyl (C=O) groups excluding carboxylic acids is 1. The standard InChI is InChI=1S/C24H24N4O/c1-4-9-23-22(24(29)28(26-23)20-10-6-5-7-11-20)15-19-14-17(2)27(18(19)3)21-12-8-13-25-16-21/h5-8,10-16H,4,9H2,1-3H3. The Balaban J connectivity index is 1.76. The second-order valence-corrected chi connectivity index (χ2v) is 7.18. The van der Waals surface area contributed by atoms with Crippen LogP contribution in [0.5, 0.6) is 0 Å². The number of aromatic nitrogens is 2. The van der Waals surface area contributed by atoms with Gasteiger partial charge in [-0.2, -0.15) is 10.1 Å². The molecule has 1 amide bonds. The average molecular weight is 384 g/mol. The molecule has 0 saturated carbocycles. The van der Waals surface area contributed by atoms with Crippen molar-refractivity contribution in [3.8, 4) is 5.69 Å². The minimum absolute atomic E-state index is 0.0779. The molecule has 0 N–H and O–H groups in total. The summed E-state index contributed by atoms with van der Waals surface area (Å²) in [5.41, 5.74) is 6.50. The molecule has 3 heterocycles. The molecule has 0 bridgehead atoms. The zero-order valence-corrected chi connectivity index (χ0v) is 17.0. The molecule has 0 radical (unpaired) electrons. The smallest absolute Gasteiger partial charge is 0.280 e. The van der Waals surface area contributed by atoms with Gasteiger partial charge in [0.05, 0.1) is 28.9 Å². The number of hydrogen-bond acceptors (Lipinski definition) is 3. The molecular formula is C24H24N4O. The molecule has 5 heteroatoms. The number of carbonyl (C=O) groups is 1. The van der Waals surface area contributed by atoms with E-state index in [1.54, 1.807) is 6.20 Å². The van der Waals surface area contributed by atoms with Crippen LogP contribution in [0.15, 0.2) is 71.6 Å². The molecule has 1 aliphatic rings. The SMILES string of the molecule is CCCC1=NN(c2ccccc2)C(=O)C1=Cc1cc(C)n(-c2cccnc2)c1C.